The molecule has 1 nitrogen and oxygen atoms in total. The van der Waals surface area contributed by atoms with Gasteiger partial charge in [0.25, 0.3) is 0 Å². The van der Waals surface area contributed by atoms with Gasteiger partial charge in [-0.15, -0.1) is 0 Å². The smallest absolute Gasteiger partial charge is 0.0632 e. The third-order valence-corrected chi connectivity index (χ3v) is 12.2. The van der Waals surface area contributed by atoms with Gasteiger partial charge in [-0.25, -0.2) is 0 Å². The third kappa shape index (κ3) is 2.61. The summed E-state index contributed by atoms with van der Waals surface area (Å²) in [4.78, 5) is 0. The summed E-state index contributed by atoms with van der Waals surface area (Å²) in [5, 5.41) is 11.6. The van der Waals surface area contributed by atoms with Crippen LogP contribution in [0.5, 0.6) is 0 Å². The maximum absolute atomic E-state index is 11.6. The number of fused-ring (bicyclic) bond motifs is 4. The van der Waals surface area contributed by atoms with Crippen molar-refractivity contribution in [1.82, 2.24) is 0 Å². The van der Waals surface area contributed by atoms with Gasteiger partial charge in [-0.3, -0.25) is 0 Å². The van der Waals surface area contributed by atoms with Gasteiger partial charge in [-0.05, 0) is 103 Å². The van der Waals surface area contributed by atoms with E-state index >= 15 is 0 Å². The van der Waals surface area contributed by atoms with E-state index in [0.29, 0.717) is 22.2 Å². The Labute approximate surface area is 180 Å². The van der Waals surface area contributed by atoms with E-state index in [4.69, 9.17) is 0 Å². The molecule has 29 heavy (non-hydrogen) atoms. The highest BCUT2D eigenvalue weighted by molar-refractivity contribution is 5.26. The van der Waals surface area contributed by atoms with Crippen molar-refractivity contribution < 1.29 is 5.11 Å². The first-order valence-electron chi connectivity index (χ1n) is 13.3. The molecule has 166 valence electrons. The molecule has 0 aromatic carbocycles. The predicted octanol–water partition coefficient (Wildman–Crippen LogP) is 7.32. The van der Waals surface area contributed by atoms with Crippen LogP contribution >= 0.6 is 0 Å². The average Bonchev–Trinajstić information content (AvgIpc) is 3.19. The van der Waals surface area contributed by atoms with Gasteiger partial charge in [0.05, 0.1) is 6.10 Å². The average molecular weight is 401 g/mol. The molecule has 1 spiro atoms. The Morgan fingerprint density at radius 1 is 0.931 bits per heavy atom. The summed E-state index contributed by atoms with van der Waals surface area (Å²) >= 11 is 0. The Bertz CT molecular complexity index is 640. The number of rotatable bonds is 5. The van der Waals surface area contributed by atoms with Crippen LogP contribution in [0, 0.1) is 63.6 Å². The zero-order chi connectivity index (χ0) is 20.8. The SMILES string of the molecule is CC(C)CCC[C@@H](C)[C@H]1CC[C@H]2[C@@H]3[C@@H](C)[C@@H](O)[C@]45C[C@H]4CC[C@]5(C)[C@H]3CC[C@]12C. The van der Waals surface area contributed by atoms with Crippen LogP contribution in [-0.4, -0.2) is 11.2 Å². The lowest BCUT2D eigenvalue weighted by molar-refractivity contribution is -0.182. The summed E-state index contributed by atoms with van der Waals surface area (Å²) in [5.41, 5.74) is 1.30. The summed E-state index contributed by atoms with van der Waals surface area (Å²) in [6, 6.07) is 0. The van der Waals surface area contributed by atoms with Crippen LogP contribution in [0.1, 0.15) is 106 Å². The van der Waals surface area contributed by atoms with E-state index in [0.717, 1.165) is 41.4 Å². The van der Waals surface area contributed by atoms with Crippen molar-refractivity contribution in [3.05, 3.63) is 0 Å². The molecule has 0 heterocycles. The van der Waals surface area contributed by atoms with Gasteiger partial charge in [0.1, 0.15) is 0 Å². The number of hydrogen-bond acceptors (Lipinski definition) is 1. The molecule has 5 saturated carbocycles. The minimum atomic E-state index is -0.0221. The van der Waals surface area contributed by atoms with E-state index in [1.807, 2.05) is 0 Å². The second-order valence-electron chi connectivity index (χ2n) is 13.5. The molecule has 1 heteroatoms. The third-order valence-electron chi connectivity index (χ3n) is 12.2. The molecular weight excluding hydrogens is 352 g/mol. The van der Waals surface area contributed by atoms with Crippen LogP contribution in [-0.2, 0) is 0 Å². The Morgan fingerprint density at radius 2 is 1.69 bits per heavy atom. The van der Waals surface area contributed by atoms with Crippen LogP contribution in [0.15, 0.2) is 0 Å². The first kappa shape index (κ1) is 20.8. The largest absolute Gasteiger partial charge is 0.392 e. The molecule has 5 fully saturated rings. The standard InChI is InChI=1S/C28H48O/c1-17(2)8-7-9-18(3)21-10-11-22-24-19(4)25(29)28-16-20(28)12-15-27(28,6)23(24)13-14-26(21,22)5/h17-25,29H,7-16H2,1-6H3/t18-,19-,20-,21-,22+,23+,24+,25-,26-,27-,28+/m1/s1. The fourth-order valence-electron chi connectivity index (χ4n) is 10.7. The van der Waals surface area contributed by atoms with Gasteiger partial charge < -0.3 is 5.11 Å². The summed E-state index contributed by atoms with van der Waals surface area (Å²) in [6.07, 6.45) is 14.2. The van der Waals surface area contributed by atoms with E-state index in [1.54, 1.807) is 0 Å². The Morgan fingerprint density at radius 3 is 2.38 bits per heavy atom. The molecule has 0 aliphatic heterocycles. The van der Waals surface area contributed by atoms with Gasteiger partial charge in [0.15, 0.2) is 0 Å². The zero-order valence-electron chi connectivity index (χ0n) is 20.2. The van der Waals surface area contributed by atoms with Crippen LogP contribution < -0.4 is 0 Å². The highest BCUT2D eigenvalue weighted by Gasteiger charge is 2.78. The van der Waals surface area contributed by atoms with Gasteiger partial charge in [-0.2, -0.15) is 0 Å². The van der Waals surface area contributed by atoms with Crippen LogP contribution in [0.25, 0.3) is 0 Å². The quantitative estimate of drug-likeness (QED) is 0.512. The van der Waals surface area contributed by atoms with Crippen LogP contribution in [0.3, 0.4) is 0 Å². The molecule has 5 rings (SSSR count). The van der Waals surface area contributed by atoms with Crippen molar-refractivity contribution in [2.45, 2.75) is 112 Å². The molecule has 0 saturated heterocycles. The van der Waals surface area contributed by atoms with E-state index in [2.05, 4.69) is 41.5 Å². The molecular formula is C28H48O. The molecule has 0 aromatic rings. The lowest BCUT2D eigenvalue weighted by Crippen LogP contribution is -2.60. The van der Waals surface area contributed by atoms with E-state index < -0.39 is 0 Å². The molecule has 0 radical (unpaired) electrons. The highest BCUT2D eigenvalue weighted by atomic mass is 16.3. The molecule has 0 amide bonds. The molecule has 5 aliphatic carbocycles. The van der Waals surface area contributed by atoms with E-state index in [-0.39, 0.29) is 6.10 Å². The van der Waals surface area contributed by atoms with Crippen LogP contribution in [0.2, 0.25) is 0 Å². The van der Waals surface area contributed by atoms with Crippen molar-refractivity contribution in [3.63, 3.8) is 0 Å². The van der Waals surface area contributed by atoms with Crippen molar-refractivity contribution in [3.8, 4) is 0 Å². The second kappa shape index (κ2) is 6.73. The first-order chi connectivity index (χ1) is 13.7. The van der Waals surface area contributed by atoms with Crippen molar-refractivity contribution in [1.29, 1.82) is 0 Å². The summed E-state index contributed by atoms with van der Waals surface area (Å²) < 4.78 is 0. The lowest BCUT2D eigenvalue weighted by Gasteiger charge is -2.62. The first-order valence-corrected chi connectivity index (χ1v) is 13.3. The molecule has 0 unspecified atom stereocenters. The van der Waals surface area contributed by atoms with Crippen molar-refractivity contribution in [2.75, 3.05) is 0 Å². The fraction of sp³-hybridized carbons (Fsp3) is 1.00. The monoisotopic (exact) mass is 400 g/mol. The fourth-order valence-corrected chi connectivity index (χ4v) is 10.7. The minimum Gasteiger partial charge on any atom is -0.392 e. The zero-order valence-corrected chi connectivity index (χ0v) is 20.2. The van der Waals surface area contributed by atoms with E-state index in [1.165, 1.54) is 64.2 Å². The number of aliphatic hydroxyl groups excluding tert-OH is 1. The normalized spacial score (nSPS) is 56.5. The second-order valence-corrected chi connectivity index (χ2v) is 13.5. The highest BCUT2D eigenvalue weighted by Crippen LogP contribution is 2.82. The Hall–Kier alpha value is -0.0400. The topological polar surface area (TPSA) is 20.2 Å². The minimum absolute atomic E-state index is 0.0221. The van der Waals surface area contributed by atoms with Gasteiger partial charge in [0.2, 0.25) is 0 Å². The molecule has 11 atom stereocenters. The molecule has 0 aromatic heterocycles. The lowest BCUT2D eigenvalue weighted by atomic mass is 9.43. The summed E-state index contributed by atoms with van der Waals surface area (Å²) in [5.74, 6) is 6.58. The van der Waals surface area contributed by atoms with Gasteiger partial charge in [-0.1, -0.05) is 60.8 Å². The van der Waals surface area contributed by atoms with E-state index in [9.17, 15) is 5.11 Å². The van der Waals surface area contributed by atoms with Crippen LogP contribution in [0.4, 0.5) is 0 Å². The van der Waals surface area contributed by atoms with Gasteiger partial charge in [0, 0.05) is 5.41 Å². The molecule has 5 aliphatic rings. The number of aliphatic hydroxyl groups is 1. The molecule has 1 N–H and O–H groups in total. The predicted molar refractivity (Wildman–Crippen MR) is 121 cm³/mol. The maximum Gasteiger partial charge on any atom is 0.0632 e. The molecule has 0 bridgehead atoms. The Balaban J connectivity index is 1.38. The maximum atomic E-state index is 11.6. The van der Waals surface area contributed by atoms with Gasteiger partial charge >= 0.3 is 0 Å². The van der Waals surface area contributed by atoms with Crippen molar-refractivity contribution >= 4 is 0 Å². The summed E-state index contributed by atoms with van der Waals surface area (Å²) in [6.45, 7) is 15.1. The van der Waals surface area contributed by atoms with Crippen molar-refractivity contribution in [2.24, 2.45) is 63.6 Å². The number of hydrogen-bond donors (Lipinski definition) is 1. The summed E-state index contributed by atoms with van der Waals surface area (Å²) in [7, 11) is 0. The Kier molecular flexibility index (Phi) is 4.83.